The summed E-state index contributed by atoms with van der Waals surface area (Å²) in [7, 11) is 0. The van der Waals surface area contributed by atoms with E-state index >= 15 is 0 Å². The maximum absolute atomic E-state index is 10.1. The molecule has 3 nitrogen and oxygen atoms in total. The molecule has 1 heterocycles. The minimum absolute atomic E-state index is 0.303. The molecule has 5 rings (SSSR count). The van der Waals surface area contributed by atoms with E-state index in [1.165, 1.54) is 65.6 Å². The molecule has 4 aromatic carbocycles. The molecule has 0 aromatic heterocycles. The predicted molar refractivity (Wildman–Crippen MR) is 150 cm³/mol. The van der Waals surface area contributed by atoms with Crippen LogP contribution in [0.2, 0.25) is 0 Å². The van der Waals surface area contributed by atoms with Crippen LogP contribution in [0.5, 0.6) is 11.5 Å². The normalized spacial score (nSPS) is 14.2. The van der Waals surface area contributed by atoms with Crippen LogP contribution in [0, 0.1) is 0 Å². The molecule has 1 saturated heterocycles. The van der Waals surface area contributed by atoms with E-state index in [0.717, 1.165) is 43.5 Å². The fraction of sp³-hybridized carbons (Fsp3) is 0.333. The Morgan fingerprint density at radius 1 is 0.833 bits per heavy atom. The van der Waals surface area contributed by atoms with Gasteiger partial charge in [-0.25, -0.2) is 0 Å². The Hall–Kier alpha value is -3.30. The molecule has 1 aliphatic heterocycles. The van der Waals surface area contributed by atoms with Crippen LogP contribution in [0.25, 0.3) is 21.9 Å². The number of aromatic hydroxyl groups is 1. The van der Waals surface area contributed by atoms with Gasteiger partial charge in [-0.1, -0.05) is 67.9 Å². The summed E-state index contributed by atoms with van der Waals surface area (Å²) in [5.41, 5.74) is 6.46. The van der Waals surface area contributed by atoms with Crippen molar-refractivity contribution >= 4 is 10.8 Å². The Labute approximate surface area is 215 Å². The van der Waals surface area contributed by atoms with Gasteiger partial charge >= 0.3 is 0 Å². The van der Waals surface area contributed by atoms with E-state index in [9.17, 15) is 5.11 Å². The number of benzene rings is 4. The molecule has 0 bridgehead atoms. The quantitative estimate of drug-likeness (QED) is 0.251. The summed E-state index contributed by atoms with van der Waals surface area (Å²) in [6.45, 7) is 6.60. The van der Waals surface area contributed by atoms with Gasteiger partial charge in [0.1, 0.15) is 11.5 Å². The van der Waals surface area contributed by atoms with Gasteiger partial charge in [0.05, 0.1) is 6.61 Å². The summed E-state index contributed by atoms with van der Waals surface area (Å²) < 4.78 is 6.05. The Balaban J connectivity index is 1.34. The van der Waals surface area contributed by atoms with Crippen molar-refractivity contribution in [2.75, 3.05) is 26.2 Å². The van der Waals surface area contributed by atoms with Gasteiger partial charge in [0.15, 0.2) is 0 Å². The number of nitrogens with zero attached hydrogens (tertiary/aromatic N) is 1. The summed E-state index contributed by atoms with van der Waals surface area (Å²) in [4.78, 5) is 2.56. The highest BCUT2D eigenvalue weighted by atomic mass is 16.5. The van der Waals surface area contributed by atoms with Gasteiger partial charge in [0.2, 0.25) is 0 Å². The Kier molecular flexibility index (Phi) is 7.88. The zero-order valence-electron chi connectivity index (χ0n) is 21.4. The number of hydrogen-bond acceptors (Lipinski definition) is 3. The van der Waals surface area contributed by atoms with Crippen molar-refractivity contribution in [3.63, 3.8) is 0 Å². The number of phenols is 1. The second-order valence-corrected chi connectivity index (χ2v) is 9.93. The van der Waals surface area contributed by atoms with Crippen molar-refractivity contribution in [2.24, 2.45) is 0 Å². The van der Waals surface area contributed by atoms with E-state index < -0.39 is 0 Å². The van der Waals surface area contributed by atoms with E-state index in [-0.39, 0.29) is 0 Å². The van der Waals surface area contributed by atoms with Crippen molar-refractivity contribution in [3.8, 4) is 22.6 Å². The first kappa shape index (κ1) is 24.4. The zero-order chi connectivity index (χ0) is 24.7. The molecule has 0 unspecified atom stereocenters. The van der Waals surface area contributed by atoms with E-state index in [1.807, 2.05) is 6.07 Å². The van der Waals surface area contributed by atoms with Crippen molar-refractivity contribution in [1.82, 2.24) is 4.90 Å². The van der Waals surface area contributed by atoms with Gasteiger partial charge in [0, 0.05) is 6.54 Å². The van der Waals surface area contributed by atoms with E-state index in [2.05, 4.69) is 78.6 Å². The van der Waals surface area contributed by atoms with Crippen LogP contribution < -0.4 is 4.74 Å². The third kappa shape index (κ3) is 5.74. The van der Waals surface area contributed by atoms with Crippen LogP contribution in [0.4, 0.5) is 0 Å². The molecule has 0 saturated carbocycles. The first-order chi connectivity index (χ1) is 17.7. The summed E-state index contributed by atoms with van der Waals surface area (Å²) in [6, 6.07) is 27.3. The topological polar surface area (TPSA) is 32.7 Å². The number of phenolic OH excluding ortho intramolecular Hbond substituents is 1. The maximum Gasteiger partial charge on any atom is 0.119 e. The molecule has 3 heteroatoms. The fourth-order valence-corrected chi connectivity index (χ4v) is 5.48. The molecule has 1 fully saturated rings. The van der Waals surface area contributed by atoms with Crippen LogP contribution in [0.15, 0.2) is 78.9 Å². The van der Waals surface area contributed by atoms with Gasteiger partial charge in [0.25, 0.3) is 0 Å². The molecule has 0 spiro atoms. The molecule has 186 valence electrons. The number of aryl methyl sites for hydroxylation is 1. The monoisotopic (exact) mass is 479 g/mol. The van der Waals surface area contributed by atoms with Gasteiger partial charge in [-0.05, 0) is 108 Å². The number of hydrogen-bond donors (Lipinski definition) is 1. The molecule has 0 aliphatic carbocycles. The summed E-state index contributed by atoms with van der Waals surface area (Å²) in [5, 5.41) is 12.3. The molecule has 0 amide bonds. The molecule has 0 radical (unpaired) electrons. The number of likely N-dealkylation sites (tertiary alicyclic amines) is 1. The number of rotatable bonds is 9. The van der Waals surface area contributed by atoms with Crippen molar-refractivity contribution in [1.29, 1.82) is 0 Å². The average Bonchev–Trinajstić information content (AvgIpc) is 2.92. The zero-order valence-corrected chi connectivity index (χ0v) is 21.4. The lowest BCUT2D eigenvalue weighted by Gasteiger charge is -2.26. The molecular formula is C33H37NO2. The fourth-order valence-electron chi connectivity index (χ4n) is 5.48. The minimum atomic E-state index is 0.303. The lowest BCUT2D eigenvalue weighted by molar-refractivity contribution is 0.205. The second kappa shape index (κ2) is 11.6. The first-order valence-electron chi connectivity index (χ1n) is 13.5. The molecule has 0 atom stereocenters. The van der Waals surface area contributed by atoms with Crippen molar-refractivity contribution < 1.29 is 9.84 Å². The van der Waals surface area contributed by atoms with Crippen LogP contribution in [0.3, 0.4) is 0 Å². The maximum atomic E-state index is 10.1. The van der Waals surface area contributed by atoms with Crippen LogP contribution in [0.1, 0.15) is 49.3 Å². The number of ether oxygens (including phenoxy) is 1. The smallest absolute Gasteiger partial charge is 0.119 e. The Bertz CT molecular complexity index is 1290. The Morgan fingerprint density at radius 3 is 2.44 bits per heavy atom. The molecule has 4 aromatic rings. The van der Waals surface area contributed by atoms with Crippen LogP contribution >= 0.6 is 0 Å². The van der Waals surface area contributed by atoms with E-state index in [1.54, 1.807) is 6.07 Å². The third-order valence-corrected chi connectivity index (χ3v) is 7.44. The summed E-state index contributed by atoms with van der Waals surface area (Å²) in [5.74, 6) is 1.24. The van der Waals surface area contributed by atoms with Crippen LogP contribution in [-0.2, 0) is 12.8 Å². The van der Waals surface area contributed by atoms with Crippen molar-refractivity contribution in [3.05, 3.63) is 95.6 Å². The summed E-state index contributed by atoms with van der Waals surface area (Å²) in [6.07, 6.45) is 6.95. The van der Waals surface area contributed by atoms with E-state index in [4.69, 9.17) is 4.74 Å². The largest absolute Gasteiger partial charge is 0.508 e. The van der Waals surface area contributed by atoms with Gasteiger partial charge < -0.3 is 14.7 Å². The molecular weight excluding hydrogens is 442 g/mol. The van der Waals surface area contributed by atoms with Gasteiger partial charge in [-0.2, -0.15) is 0 Å². The highest BCUT2D eigenvalue weighted by Gasteiger charge is 2.14. The van der Waals surface area contributed by atoms with Crippen molar-refractivity contribution in [2.45, 2.75) is 45.4 Å². The number of piperidine rings is 1. The minimum Gasteiger partial charge on any atom is -0.508 e. The van der Waals surface area contributed by atoms with Gasteiger partial charge in [-0.3, -0.25) is 0 Å². The Morgan fingerprint density at radius 2 is 1.64 bits per heavy atom. The highest BCUT2D eigenvalue weighted by molar-refractivity contribution is 5.93. The average molecular weight is 480 g/mol. The first-order valence-corrected chi connectivity index (χ1v) is 13.5. The molecule has 1 aliphatic rings. The highest BCUT2D eigenvalue weighted by Crippen LogP contribution is 2.35. The SMILES string of the molecule is CCc1ccccc1-c1ccc2cc(O)ccc2c1Cc1ccc(OCCCN2CCCCC2)cc1. The second-order valence-electron chi connectivity index (χ2n) is 9.93. The van der Waals surface area contributed by atoms with Gasteiger partial charge in [-0.15, -0.1) is 0 Å². The third-order valence-electron chi connectivity index (χ3n) is 7.44. The molecule has 1 N–H and O–H groups in total. The van der Waals surface area contributed by atoms with Crippen LogP contribution in [-0.4, -0.2) is 36.2 Å². The lowest BCUT2D eigenvalue weighted by atomic mass is 9.88. The lowest BCUT2D eigenvalue weighted by Crippen LogP contribution is -2.31. The predicted octanol–water partition coefficient (Wildman–Crippen LogP) is 7.62. The van der Waals surface area contributed by atoms with E-state index in [0.29, 0.717) is 5.75 Å². The summed E-state index contributed by atoms with van der Waals surface area (Å²) >= 11 is 0. The molecule has 36 heavy (non-hydrogen) atoms. The standard InChI is InChI=1S/C33H37NO2/c1-2-26-9-4-5-10-30(26)32-17-13-27-24-28(35)14-18-31(27)33(32)23-25-11-15-29(16-12-25)36-22-8-21-34-19-6-3-7-20-34/h4-5,9-18,24,35H,2-3,6-8,19-23H2,1H3. The number of fused-ring (bicyclic) bond motifs is 1.